The Morgan fingerprint density at radius 1 is 1.11 bits per heavy atom. The summed E-state index contributed by atoms with van der Waals surface area (Å²) in [6, 6.07) is 14.3. The fourth-order valence-corrected chi connectivity index (χ4v) is 2.30. The van der Waals surface area contributed by atoms with Crippen LogP contribution >= 0.6 is 11.6 Å². The third-order valence-electron chi connectivity index (χ3n) is 3.02. The molecule has 0 atom stereocenters. The summed E-state index contributed by atoms with van der Waals surface area (Å²) in [6.07, 6.45) is 5.38. The molecule has 0 heterocycles. The minimum Gasteiger partial charge on any atom is -0.115 e. The van der Waals surface area contributed by atoms with Crippen molar-refractivity contribution in [2.24, 2.45) is 0 Å². The molecule has 0 saturated heterocycles. The maximum absolute atomic E-state index is 6.17. The maximum Gasteiger partial charge on any atom is 0.0568 e. The van der Waals surface area contributed by atoms with Crippen molar-refractivity contribution in [3.63, 3.8) is 0 Å². The van der Waals surface area contributed by atoms with Crippen LogP contribution in [0.2, 0.25) is 5.02 Å². The van der Waals surface area contributed by atoms with E-state index in [2.05, 4.69) is 38.0 Å². The van der Waals surface area contributed by atoms with E-state index in [9.17, 15) is 0 Å². The highest BCUT2D eigenvalue weighted by Crippen LogP contribution is 2.31. The van der Waals surface area contributed by atoms with Crippen LogP contribution in [0.1, 0.15) is 30.9 Å². The fraction of sp³-hybridized carbons (Fsp3) is 0.176. The molecule has 0 aliphatic rings. The molecule has 0 amide bonds. The van der Waals surface area contributed by atoms with Gasteiger partial charge in [-0.05, 0) is 34.7 Å². The summed E-state index contributed by atoms with van der Waals surface area (Å²) in [5.41, 5.74) is 4.39. The molecular formula is C17H15Cl. The number of rotatable bonds is 2. The second-order valence-electron chi connectivity index (χ2n) is 4.58. The molecule has 0 aliphatic heterocycles. The van der Waals surface area contributed by atoms with Gasteiger partial charge < -0.3 is 0 Å². The summed E-state index contributed by atoms with van der Waals surface area (Å²) >= 11 is 6.17. The molecule has 0 fully saturated rings. The van der Waals surface area contributed by atoms with E-state index in [0.29, 0.717) is 10.9 Å². The van der Waals surface area contributed by atoms with Gasteiger partial charge in [0.15, 0.2) is 0 Å². The predicted octanol–water partition coefficient (Wildman–Crippen LogP) is 5.11. The van der Waals surface area contributed by atoms with Crippen molar-refractivity contribution in [3.05, 3.63) is 58.6 Å². The lowest BCUT2D eigenvalue weighted by molar-refractivity contribution is 0.869. The molecule has 0 unspecified atom stereocenters. The SMILES string of the molecule is C#Cc1ccc(-c2ccccc2C(C)C)cc1Cl. The normalized spacial score (nSPS) is 10.4. The average Bonchev–Trinajstić information content (AvgIpc) is 2.38. The Labute approximate surface area is 114 Å². The van der Waals surface area contributed by atoms with Gasteiger partial charge in [0.2, 0.25) is 0 Å². The monoisotopic (exact) mass is 254 g/mol. The van der Waals surface area contributed by atoms with Crippen LogP contribution in [-0.2, 0) is 0 Å². The van der Waals surface area contributed by atoms with Crippen LogP contribution in [0.5, 0.6) is 0 Å². The largest absolute Gasteiger partial charge is 0.115 e. The van der Waals surface area contributed by atoms with Crippen LogP contribution in [0.25, 0.3) is 11.1 Å². The van der Waals surface area contributed by atoms with Gasteiger partial charge in [-0.25, -0.2) is 0 Å². The van der Waals surface area contributed by atoms with E-state index >= 15 is 0 Å². The first kappa shape index (κ1) is 12.7. The Hall–Kier alpha value is -1.71. The highest BCUT2D eigenvalue weighted by Gasteiger charge is 2.09. The van der Waals surface area contributed by atoms with Gasteiger partial charge in [-0.3, -0.25) is 0 Å². The van der Waals surface area contributed by atoms with Crippen LogP contribution in [0.15, 0.2) is 42.5 Å². The second-order valence-corrected chi connectivity index (χ2v) is 4.99. The van der Waals surface area contributed by atoms with E-state index in [1.165, 1.54) is 11.1 Å². The molecule has 0 N–H and O–H groups in total. The van der Waals surface area contributed by atoms with Crippen molar-refractivity contribution < 1.29 is 0 Å². The average molecular weight is 255 g/mol. The zero-order valence-electron chi connectivity index (χ0n) is 10.6. The van der Waals surface area contributed by atoms with E-state index in [1.807, 2.05) is 24.3 Å². The molecule has 2 aromatic rings. The van der Waals surface area contributed by atoms with E-state index in [1.54, 1.807) is 0 Å². The van der Waals surface area contributed by atoms with Crippen LogP contribution in [-0.4, -0.2) is 0 Å². The van der Waals surface area contributed by atoms with Crippen molar-refractivity contribution in [1.82, 2.24) is 0 Å². The van der Waals surface area contributed by atoms with Gasteiger partial charge in [0.25, 0.3) is 0 Å². The molecular weight excluding hydrogens is 240 g/mol. The summed E-state index contributed by atoms with van der Waals surface area (Å²) in [7, 11) is 0. The minimum atomic E-state index is 0.479. The molecule has 2 aromatic carbocycles. The van der Waals surface area contributed by atoms with Gasteiger partial charge in [-0.1, -0.05) is 61.7 Å². The highest BCUT2D eigenvalue weighted by atomic mass is 35.5. The molecule has 0 radical (unpaired) electrons. The molecule has 1 heteroatoms. The van der Waals surface area contributed by atoms with Gasteiger partial charge >= 0.3 is 0 Å². The maximum atomic E-state index is 6.17. The first-order chi connectivity index (χ1) is 8.63. The molecule has 90 valence electrons. The zero-order chi connectivity index (χ0) is 13.1. The minimum absolute atomic E-state index is 0.479. The number of halogens is 1. The molecule has 0 aromatic heterocycles. The van der Waals surface area contributed by atoms with Crippen LogP contribution < -0.4 is 0 Å². The second kappa shape index (κ2) is 5.29. The van der Waals surface area contributed by atoms with Crippen LogP contribution in [0.4, 0.5) is 0 Å². The van der Waals surface area contributed by atoms with Crippen molar-refractivity contribution in [3.8, 4) is 23.5 Å². The molecule has 2 rings (SSSR count). The Morgan fingerprint density at radius 3 is 2.44 bits per heavy atom. The molecule has 0 spiro atoms. The lowest BCUT2D eigenvalue weighted by Crippen LogP contribution is -1.92. The zero-order valence-corrected chi connectivity index (χ0v) is 11.3. The van der Waals surface area contributed by atoms with Crippen molar-refractivity contribution in [2.75, 3.05) is 0 Å². The van der Waals surface area contributed by atoms with Gasteiger partial charge in [0.05, 0.1) is 5.02 Å². The van der Waals surface area contributed by atoms with E-state index in [0.717, 1.165) is 11.1 Å². The van der Waals surface area contributed by atoms with E-state index in [-0.39, 0.29) is 0 Å². The Balaban J connectivity index is 2.56. The van der Waals surface area contributed by atoms with Crippen molar-refractivity contribution in [1.29, 1.82) is 0 Å². The predicted molar refractivity (Wildman–Crippen MR) is 78.9 cm³/mol. The summed E-state index contributed by atoms with van der Waals surface area (Å²) in [5.74, 6) is 3.06. The van der Waals surface area contributed by atoms with Crippen molar-refractivity contribution >= 4 is 11.6 Å². The number of benzene rings is 2. The topological polar surface area (TPSA) is 0 Å². The van der Waals surface area contributed by atoms with Gasteiger partial charge in [0, 0.05) is 5.56 Å². The summed E-state index contributed by atoms with van der Waals surface area (Å²) in [6.45, 7) is 4.38. The van der Waals surface area contributed by atoms with E-state index in [4.69, 9.17) is 18.0 Å². The molecule has 18 heavy (non-hydrogen) atoms. The highest BCUT2D eigenvalue weighted by molar-refractivity contribution is 6.32. The quantitative estimate of drug-likeness (QED) is 0.653. The standard InChI is InChI=1S/C17H15Cl/c1-4-13-9-10-14(11-17(13)18)16-8-6-5-7-15(16)12(2)3/h1,5-12H,2-3H3. The lowest BCUT2D eigenvalue weighted by atomic mass is 9.92. The third-order valence-corrected chi connectivity index (χ3v) is 3.33. The first-order valence-electron chi connectivity index (χ1n) is 5.99. The Bertz CT molecular complexity index is 603. The third kappa shape index (κ3) is 2.42. The lowest BCUT2D eigenvalue weighted by Gasteiger charge is -2.13. The number of hydrogen-bond donors (Lipinski definition) is 0. The van der Waals surface area contributed by atoms with Gasteiger partial charge in [0.1, 0.15) is 0 Å². The Kier molecular flexibility index (Phi) is 3.75. The van der Waals surface area contributed by atoms with Gasteiger partial charge in [-0.2, -0.15) is 0 Å². The summed E-state index contributed by atoms with van der Waals surface area (Å²) < 4.78 is 0. The molecule has 0 saturated carbocycles. The van der Waals surface area contributed by atoms with E-state index < -0.39 is 0 Å². The summed E-state index contributed by atoms with van der Waals surface area (Å²) in [5, 5.41) is 0.633. The smallest absolute Gasteiger partial charge is 0.0568 e. The van der Waals surface area contributed by atoms with Crippen LogP contribution in [0.3, 0.4) is 0 Å². The first-order valence-corrected chi connectivity index (χ1v) is 6.36. The molecule has 0 nitrogen and oxygen atoms in total. The Morgan fingerprint density at radius 2 is 1.83 bits per heavy atom. The molecule has 0 bridgehead atoms. The fourth-order valence-electron chi connectivity index (χ4n) is 2.06. The van der Waals surface area contributed by atoms with Gasteiger partial charge in [-0.15, -0.1) is 6.42 Å². The number of hydrogen-bond acceptors (Lipinski definition) is 0. The van der Waals surface area contributed by atoms with Crippen LogP contribution in [0, 0.1) is 12.3 Å². The molecule has 0 aliphatic carbocycles. The van der Waals surface area contributed by atoms with Crippen molar-refractivity contribution in [2.45, 2.75) is 19.8 Å². The number of terminal acetylenes is 1. The summed E-state index contributed by atoms with van der Waals surface area (Å²) in [4.78, 5) is 0.